The van der Waals surface area contributed by atoms with Gasteiger partial charge in [-0.2, -0.15) is 0 Å². The number of ether oxygens (including phenoxy) is 1. The smallest absolute Gasteiger partial charge is 0.149 e. The van der Waals surface area contributed by atoms with Crippen molar-refractivity contribution < 1.29 is 9.53 Å². The second-order valence-electron chi connectivity index (χ2n) is 5.82. The summed E-state index contributed by atoms with van der Waals surface area (Å²) < 4.78 is 5.30. The normalized spacial score (nSPS) is 31.1. The zero-order valence-electron chi connectivity index (χ0n) is 11.2. The number of likely N-dealkylation sites (tertiary alicyclic amines) is 1. The molecule has 1 aromatic carbocycles. The highest BCUT2D eigenvalue weighted by molar-refractivity contribution is 5.95. The number of rotatable bonds is 1. The van der Waals surface area contributed by atoms with Gasteiger partial charge in [0.25, 0.3) is 0 Å². The summed E-state index contributed by atoms with van der Waals surface area (Å²) in [6, 6.07) is 6.16. The molecule has 0 radical (unpaired) electrons. The van der Waals surface area contributed by atoms with Crippen LogP contribution in [0.15, 0.2) is 18.2 Å². The third-order valence-corrected chi connectivity index (χ3v) is 4.41. The second kappa shape index (κ2) is 3.82. The highest BCUT2D eigenvalue weighted by atomic mass is 16.5. The van der Waals surface area contributed by atoms with Crippen molar-refractivity contribution in [2.24, 2.45) is 5.92 Å². The minimum Gasteiger partial charge on any atom is -0.497 e. The molecule has 0 spiro atoms. The van der Waals surface area contributed by atoms with E-state index >= 15 is 0 Å². The van der Waals surface area contributed by atoms with Crippen LogP contribution in [0.5, 0.6) is 5.75 Å². The topological polar surface area (TPSA) is 29.5 Å². The highest BCUT2D eigenvalue weighted by Crippen LogP contribution is 2.42. The van der Waals surface area contributed by atoms with Gasteiger partial charge in [0.2, 0.25) is 0 Å². The number of hydrogen-bond acceptors (Lipinski definition) is 3. The first-order valence-electron chi connectivity index (χ1n) is 6.45. The van der Waals surface area contributed by atoms with Crippen molar-refractivity contribution in [3.05, 3.63) is 29.3 Å². The lowest BCUT2D eigenvalue weighted by atomic mass is 9.63. The predicted molar refractivity (Wildman–Crippen MR) is 70.0 cm³/mol. The lowest BCUT2D eigenvalue weighted by Crippen LogP contribution is -2.57. The van der Waals surface area contributed by atoms with Crippen LogP contribution in [0.4, 0.5) is 0 Å². The summed E-state index contributed by atoms with van der Waals surface area (Å²) in [7, 11) is 3.77. The number of piperidine rings is 1. The van der Waals surface area contributed by atoms with E-state index in [1.54, 1.807) is 7.11 Å². The summed E-state index contributed by atoms with van der Waals surface area (Å²) >= 11 is 0. The Balaban J connectivity index is 2.16. The van der Waals surface area contributed by atoms with E-state index in [0.717, 1.165) is 30.8 Å². The maximum Gasteiger partial charge on any atom is 0.149 e. The van der Waals surface area contributed by atoms with Crippen LogP contribution in [0, 0.1) is 5.92 Å². The molecule has 1 saturated heterocycles. The van der Waals surface area contributed by atoms with Crippen LogP contribution in [0.25, 0.3) is 0 Å². The summed E-state index contributed by atoms with van der Waals surface area (Å²) in [5.41, 5.74) is 2.12. The molecule has 1 heterocycles. The number of fused-ring (bicyclic) bond motifs is 4. The Morgan fingerprint density at radius 2 is 2.22 bits per heavy atom. The van der Waals surface area contributed by atoms with Gasteiger partial charge in [-0.3, -0.25) is 4.79 Å². The molecule has 0 unspecified atom stereocenters. The molecular weight excluding hydrogens is 226 g/mol. The third-order valence-electron chi connectivity index (χ3n) is 4.41. The molecule has 2 atom stereocenters. The number of hydrogen-bond donors (Lipinski definition) is 0. The van der Waals surface area contributed by atoms with Crippen molar-refractivity contribution in [2.45, 2.75) is 18.8 Å². The standard InChI is InChI=1S/C15H19NO2/c1-15-9-16(2)8-11(14(15)17)6-10-4-5-12(18-3)7-13(10)15/h4-5,7,11H,6,8-9H2,1-3H3/t11-,15-/m1/s1. The SMILES string of the molecule is COc1ccc2c(c1)[C@@]1(C)CN(C)C[C@@H](C2)C1=O. The van der Waals surface area contributed by atoms with Crippen molar-refractivity contribution in [1.82, 2.24) is 4.90 Å². The molecule has 1 aliphatic carbocycles. The van der Waals surface area contributed by atoms with Gasteiger partial charge in [0, 0.05) is 19.0 Å². The van der Waals surface area contributed by atoms with Gasteiger partial charge >= 0.3 is 0 Å². The number of carbonyl (C=O) groups excluding carboxylic acids is 1. The first kappa shape index (κ1) is 11.7. The Kier molecular flexibility index (Phi) is 2.49. The van der Waals surface area contributed by atoms with E-state index in [4.69, 9.17) is 4.74 Å². The molecule has 1 aromatic rings. The van der Waals surface area contributed by atoms with Crippen LogP contribution in [0.1, 0.15) is 18.1 Å². The van der Waals surface area contributed by atoms with Gasteiger partial charge in [-0.05, 0) is 43.7 Å². The molecule has 1 fully saturated rings. The Morgan fingerprint density at radius 3 is 2.94 bits per heavy atom. The highest BCUT2D eigenvalue weighted by Gasteiger charge is 2.48. The number of carbonyl (C=O) groups is 1. The minimum absolute atomic E-state index is 0.162. The van der Waals surface area contributed by atoms with Crippen LogP contribution >= 0.6 is 0 Å². The monoisotopic (exact) mass is 245 g/mol. The van der Waals surface area contributed by atoms with E-state index in [-0.39, 0.29) is 11.3 Å². The first-order chi connectivity index (χ1) is 8.54. The Morgan fingerprint density at radius 1 is 1.44 bits per heavy atom. The molecule has 2 aliphatic rings. The average molecular weight is 245 g/mol. The van der Waals surface area contributed by atoms with E-state index in [1.807, 2.05) is 12.1 Å². The molecule has 0 N–H and O–H groups in total. The maximum atomic E-state index is 12.6. The van der Waals surface area contributed by atoms with Gasteiger partial charge in [0.15, 0.2) is 0 Å². The van der Waals surface area contributed by atoms with Crippen molar-refractivity contribution in [2.75, 3.05) is 27.2 Å². The van der Waals surface area contributed by atoms with Gasteiger partial charge in [0.1, 0.15) is 11.5 Å². The zero-order chi connectivity index (χ0) is 12.9. The molecule has 3 heteroatoms. The molecule has 3 rings (SSSR count). The summed E-state index contributed by atoms with van der Waals surface area (Å²) in [5.74, 6) is 1.41. The number of nitrogens with zero attached hydrogens (tertiary/aromatic N) is 1. The van der Waals surface area contributed by atoms with Gasteiger partial charge in [0.05, 0.1) is 12.5 Å². The fourth-order valence-electron chi connectivity index (χ4n) is 3.61. The van der Waals surface area contributed by atoms with Crippen molar-refractivity contribution in [1.29, 1.82) is 0 Å². The van der Waals surface area contributed by atoms with Gasteiger partial charge in [-0.25, -0.2) is 0 Å². The van der Waals surface area contributed by atoms with Gasteiger partial charge in [-0.1, -0.05) is 6.07 Å². The van der Waals surface area contributed by atoms with E-state index in [2.05, 4.69) is 24.9 Å². The molecule has 18 heavy (non-hydrogen) atoms. The lowest BCUT2D eigenvalue weighted by Gasteiger charge is -2.46. The molecule has 3 nitrogen and oxygen atoms in total. The molecule has 96 valence electrons. The van der Waals surface area contributed by atoms with E-state index in [0.29, 0.717) is 5.78 Å². The molecular formula is C15H19NO2. The zero-order valence-corrected chi connectivity index (χ0v) is 11.2. The Labute approximate surface area is 108 Å². The Hall–Kier alpha value is -1.35. The van der Waals surface area contributed by atoms with E-state index < -0.39 is 0 Å². The molecule has 0 saturated carbocycles. The maximum absolute atomic E-state index is 12.6. The first-order valence-corrected chi connectivity index (χ1v) is 6.45. The van der Waals surface area contributed by atoms with E-state index in [1.165, 1.54) is 5.56 Å². The van der Waals surface area contributed by atoms with Crippen molar-refractivity contribution in [3.8, 4) is 5.75 Å². The number of likely N-dealkylation sites (N-methyl/N-ethyl adjacent to an activating group) is 1. The van der Waals surface area contributed by atoms with Crippen LogP contribution < -0.4 is 4.74 Å². The minimum atomic E-state index is -0.361. The van der Waals surface area contributed by atoms with E-state index in [9.17, 15) is 4.79 Å². The summed E-state index contributed by atoms with van der Waals surface area (Å²) in [6.07, 6.45) is 0.873. The average Bonchev–Trinajstić information content (AvgIpc) is 2.34. The molecule has 0 aromatic heterocycles. The van der Waals surface area contributed by atoms with Crippen LogP contribution in [-0.4, -0.2) is 37.9 Å². The van der Waals surface area contributed by atoms with Crippen molar-refractivity contribution in [3.63, 3.8) is 0 Å². The number of ketones is 1. The fraction of sp³-hybridized carbons (Fsp3) is 0.533. The summed E-state index contributed by atoms with van der Waals surface area (Å²) in [5, 5.41) is 0. The largest absolute Gasteiger partial charge is 0.497 e. The number of Topliss-reactive ketones (excluding diaryl/α,β-unsaturated/α-hetero) is 1. The predicted octanol–water partition coefficient (Wildman–Crippen LogP) is 1.64. The Bertz CT molecular complexity index is 511. The van der Waals surface area contributed by atoms with Crippen LogP contribution in [0.2, 0.25) is 0 Å². The van der Waals surface area contributed by atoms with Crippen molar-refractivity contribution >= 4 is 5.78 Å². The van der Waals surface area contributed by atoms with Crippen LogP contribution in [0.3, 0.4) is 0 Å². The summed E-state index contributed by atoms with van der Waals surface area (Å²) in [4.78, 5) is 14.8. The van der Waals surface area contributed by atoms with Crippen LogP contribution in [-0.2, 0) is 16.6 Å². The number of methoxy groups -OCH3 is 1. The molecule has 0 amide bonds. The quantitative estimate of drug-likeness (QED) is 0.753. The molecule has 1 aliphatic heterocycles. The van der Waals surface area contributed by atoms with Gasteiger partial charge in [-0.15, -0.1) is 0 Å². The second-order valence-corrected chi connectivity index (χ2v) is 5.82. The summed E-state index contributed by atoms with van der Waals surface area (Å²) in [6.45, 7) is 3.78. The fourth-order valence-corrected chi connectivity index (χ4v) is 3.61. The van der Waals surface area contributed by atoms with Gasteiger partial charge < -0.3 is 9.64 Å². The molecule has 2 bridgehead atoms. The number of benzene rings is 1. The third kappa shape index (κ3) is 1.50. The lowest BCUT2D eigenvalue weighted by molar-refractivity contribution is -0.133.